The fraction of sp³-hybridized carbons (Fsp3) is 1.00. The molecule has 0 aromatic carbocycles. The molecule has 3 fully saturated rings. The van der Waals surface area contributed by atoms with Crippen molar-refractivity contribution >= 4 is 0 Å². The molecule has 104 valence electrons. The Morgan fingerprint density at radius 2 is 0.833 bits per heavy atom. The minimum atomic E-state index is 0.485. The summed E-state index contributed by atoms with van der Waals surface area (Å²) >= 11 is 0. The van der Waals surface area contributed by atoms with Crippen molar-refractivity contribution in [2.45, 2.75) is 76.3 Å². The highest BCUT2D eigenvalue weighted by Gasteiger charge is 2.43. The normalized spacial score (nSPS) is 31.3. The molecule has 0 aromatic heterocycles. The summed E-state index contributed by atoms with van der Waals surface area (Å²) in [4.78, 5) is 5.78. The lowest BCUT2D eigenvalue weighted by Crippen LogP contribution is -2.63. The third-order valence-electron chi connectivity index (χ3n) is 5.54. The van der Waals surface area contributed by atoms with Crippen molar-refractivity contribution in [2.24, 2.45) is 0 Å². The van der Waals surface area contributed by atoms with E-state index < -0.39 is 0 Å². The van der Waals surface area contributed by atoms with Gasteiger partial charge in [0.1, 0.15) is 0 Å². The van der Waals surface area contributed by atoms with Crippen LogP contribution in [0.4, 0.5) is 0 Å². The third kappa shape index (κ3) is 2.46. The SMILES string of the molecule is C1CCN(C2(N3CCCCC3)CCCCC2)CC1. The van der Waals surface area contributed by atoms with E-state index in [9.17, 15) is 0 Å². The van der Waals surface area contributed by atoms with Gasteiger partial charge in [0.05, 0.1) is 5.66 Å². The Morgan fingerprint density at radius 1 is 0.444 bits per heavy atom. The molecule has 0 radical (unpaired) electrons. The van der Waals surface area contributed by atoms with Gasteiger partial charge in [0.15, 0.2) is 0 Å². The summed E-state index contributed by atoms with van der Waals surface area (Å²) in [5.41, 5.74) is 0.485. The predicted octanol–water partition coefficient (Wildman–Crippen LogP) is 3.62. The molecule has 0 atom stereocenters. The number of piperidine rings is 2. The van der Waals surface area contributed by atoms with Crippen LogP contribution in [-0.4, -0.2) is 41.6 Å². The highest BCUT2D eigenvalue weighted by atomic mass is 15.4. The summed E-state index contributed by atoms with van der Waals surface area (Å²) in [5.74, 6) is 0. The molecule has 1 saturated carbocycles. The zero-order valence-electron chi connectivity index (χ0n) is 12.0. The van der Waals surface area contributed by atoms with Gasteiger partial charge in [0, 0.05) is 0 Å². The maximum Gasteiger partial charge on any atom is 0.0737 e. The highest BCUT2D eigenvalue weighted by molar-refractivity contribution is 4.95. The number of nitrogens with zero attached hydrogens (tertiary/aromatic N) is 2. The lowest BCUT2D eigenvalue weighted by Gasteiger charge is -2.55. The maximum absolute atomic E-state index is 2.89. The number of rotatable bonds is 2. The lowest BCUT2D eigenvalue weighted by atomic mass is 9.83. The van der Waals surface area contributed by atoms with Crippen molar-refractivity contribution in [3.8, 4) is 0 Å². The van der Waals surface area contributed by atoms with Crippen molar-refractivity contribution in [3.05, 3.63) is 0 Å². The van der Waals surface area contributed by atoms with E-state index in [1.54, 1.807) is 0 Å². The molecule has 0 bridgehead atoms. The van der Waals surface area contributed by atoms with Crippen molar-refractivity contribution < 1.29 is 0 Å². The third-order valence-corrected chi connectivity index (χ3v) is 5.54. The van der Waals surface area contributed by atoms with Crippen LogP contribution < -0.4 is 0 Å². The predicted molar refractivity (Wildman–Crippen MR) is 76.7 cm³/mol. The molecule has 2 aliphatic heterocycles. The van der Waals surface area contributed by atoms with Gasteiger partial charge in [-0.2, -0.15) is 0 Å². The average molecular weight is 250 g/mol. The Bertz CT molecular complexity index is 226. The van der Waals surface area contributed by atoms with Crippen LogP contribution >= 0.6 is 0 Å². The quantitative estimate of drug-likeness (QED) is 0.738. The Balaban J connectivity index is 1.77. The van der Waals surface area contributed by atoms with Gasteiger partial charge in [-0.1, -0.05) is 32.1 Å². The molecule has 2 heteroatoms. The fourth-order valence-electron chi connectivity index (χ4n) is 4.57. The van der Waals surface area contributed by atoms with Crippen LogP contribution in [0, 0.1) is 0 Å². The molecule has 0 amide bonds. The smallest absolute Gasteiger partial charge is 0.0737 e. The van der Waals surface area contributed by atoms with E-state index in [1.165, 1.54) is 96.8 Å². The number of likely N-dealkylation sites (tertiary alicyclic amines) is 2. The molecular formula is C16H30N2. The first-order valence-corrected chi connectivity index (χ1v) is 8.42. The molecular weight excluding hydrogens is 220 g/mol. The molecule has 1 aliphatic carbocycles. The summed E-state index contributed by atoms with van der Waals surface area (Å²) in [5, 5.41) is 0. The number of hydrogen-bond donors (Lipinski definition) is 0. The first-order valence-electron chi connectivity index (χ1n) is 8.42. The second-order valence-electron chi connectivity index (χ2n) is 6.64. The van der Waals surface area contributed by atoms with Crippen LogP contribution in [-0.2, 0) is 0 Å². The van der Waals surface area contributed by atoms with Gasteiger partial charge >= 0.3 is 0 Å². The van der Waals surface area contributed by atoms with Crippen LogP contribution in [0.2, 0.25) is 0 Å². The zero-order chi connectivity index (χ0) is 12.3. The molecule has 0 N–H and O–H groups in total. The Hall–Kier alpha value is -0.0800. The van der Waals surface area contributed by atoms with Crippen LogP contribution in [0.5, 0.6) is 0 Å². The fourth-order valence-corrected chi connectivity index (χ4v) is 4.57. The summed E-state index contributed by atoms with van der Waals surface area (Å²) in [6.07, 6.45) is 16.0. The summed E-state index contributed by atoms with van der Waals surface area (Å²) in [7, 11) is 0. The van der Waals surface area contributed by atoms with Gasteiger partial charge in [0.2, 0.25) is 0 Å². The number of hydrogen-bond acceptors (Lipinski definition) is 2. The van der Waals surface area contributed by atoms with Crippen LogP contribution in [0.15, 0.2) is 0 Å². The highest BCUT2D eigenvalue weighted by Crippen LogP contribution is 2.39. The first kappa shape index (κ1) is 12.9. The van der Waals surface area contributed by atoms with E-state index in [2.05, 4.69) is 9.80 Å². The molecule has 2 heterocycles. The topological polar surface area (TPSA) is 6.48 Å². The maximum atomic E-state index is 2.89. The molecule has 0 spiro atoms. The van der Waals surface area contributed by atoms with Gasteiger partial charge in [-0.25, -0.2) is 0 Å². The van der Waals surface area contributed by atoms with E-state index in [0.717, 1.165) is 0 Å². The Morgan fingerprint density at radius 3 is 1.28 bits per heavy atom. The van der Waals surface area contributed by atoms with Crippen molar-refractivity contribution in [1.29, 1.82) is 0 Å². The minimum Gasteiger partial charge on any atom is -0.285 e. The second-order valence-corrected chi connectivity index (χ2v) is 6.64. The first-order chi connectivity index (χ1) is 8.92. The molecule has 0 aromatic rings. The molecule has 3 aliphatic rings. The van der Waals surface area contributed by atoms with E-state index in [0.29, 0.717) is 5.66 Å². The van der Waals surface area contributed by atoms with Gasteiger partial charge in [-0.05, 0) is 64.7 Å². The van der Waals surface area contributed by atoms with Crippen molar-refractivity contribution in [3.63, 3.8) is 0 Å². The summed E-state index contributed by atoms with van der Waals surface area (Å²) in [6, 6.07) is 0. The second kappa shape index (κ2) is 5.92. The minimum absolute atomic E-state index is 0.485. The van der Waals surface area contributed by atoms with Gasteiger partial charge in [-0.15, -0.1) is 0 Å². The summed E-state index contributed by atoms with van der Waals surface area (Å²) < 4.78 is 0. The van der Waals surface area contributed by atoms with Crippen molar-refractivity contribution in [2.75, 3.05) is 26.2 Å². The zero-order valence-corrected chi connectivity index (χ0v) is 12.0. The van der Waals surface area contributed by atoms with Gasteiger partial charge < -0.3 is 0 Å². The molecule has 3 rings (SSSR count). The van der Waals surface area contributed by atoms with E-state index in [4.69, 9.17) is 0 Å². The van der Waals surface area contributed by atoms with E-state index in [1.807, 2.05) is 0 Å². The van der Waals surface area contributed by atoms with Crippen LogP contribution in [0.25, 0.3) is 0 Å². The lowest BCUT2D eigenvalue weighted by molar-refractivity contribution is -0.0999. The molecule has 18 heavy (non-hydrogen) atoms. The van der Waals surface area contributed by atoms with Crippen LogP contribution in [0.1, 0.15) is 70.6 Å². The van der Waals surface area contributed by atoms with Crippen LogP contribution in [0.3, 0.4) is 0 Å². The van der Waals surface area contributed by atoms with E-state index in [-0.39, 0.29) is 0 Å². The van der Waals surface area contributed by atoms with Gasteiger partial charge in [-0.3, -0.25) is 9.80 Å². The van der Waals surface area contributed by atoms with E-state index >= 15 is 0 Å². The molecule has 0 unspecified atom stereocenters. The monoisotopic (exact) mass is 250 g/mol. The van der Waals surface area contributed by atoms with Crippen molar-refractivity contribution in [1.82, 2.24) is 9.80 Å². The molecule has 2 nitrogen and oxygen atoms in total. The average Bonchev–Trinajstić information content (AvgIpc) is 2.50. The summed E-state index contributed by atoms with van der Waals surface area (Å²) in [6.45, 7) is 5.49. The largest absolute Gasteiger partial charge is 0.285 e. The van der Waals surface area contributed by atoms with Gasteiger partial charge in [0.25, 0.3) is 0 Å². The molecule has 2 saturated heterocycles. The standard InChI is InChI=1S/C16H30N2/c1-4-10-16(11-5-1,17-12-6-2-7-13-17)18-14-8-3-9-15-18/h1-15H2. The Labute approximate surface area is 113 Å². The Kier molecular flexibility index (Phi) is 4.25.